The van der Waals surface area contributed by atoms with Crippen molar-refractivity contribution in [1.29, 1.82) is 0 Å². The standard InChI is InChI=1S/C17H25ClN2O3/c1-10(2)15(20-17(22)23-11(3)4)16(21)19-12(5)13-6-8-14(18)9-7-13/h6-12,15H,1-5H3,(H,19,21)(H,20,22). The summed E-state index contributed by atoms with van der Waals surface area (Å²) >= 11 is 5.86. The number of hydrogen-bond acceptors (Lipinski definition) is 3. The van der Waals surface area contributed by atoms with Crippen LogP contribution in [0.2, 0.25) is 5.02 Å². The minimum Gasteiger partial charge on any atom is -0.447 e. The van der Waals surface area contributed by atoms with Crippen molar-refractivity contribution < 1.29 is 14.3 Å². The van der Waals surface area contributed by atoms with E-state index in [2.05, 4.69) is 10.6 Å². The van der Waals surface area contributed by atoms with E-state index >= 15 is 0 Å². The van der Waals surface area contributed by atoms with Crippen LogP contribution in [0, 0.1) is 5.92 Å². The van der Waals surface area contributed by atoms with Crippen LogP contribution in [0.25, 0.3) is 0 Å². The molecule has 128 valence electrons. The van der Waals surface area contributed by atoms with Crippen LogP contribution in [0.3, 0.4) is 0 Å². The number of amides is 2. The van der Waals surface area contributed by atoms with E-state index in [4.69, 9.17) is 16.3 Å². The molecule has 0 heterocycles. The molecule has 0 aliphatic heterocycles. The summed E-state index contributed by atoms with van der Waals surface area (Å²) in [4.78, 5) is 24.2. The van der Waals surface area contributed by atoms with E-state index in [1.807, 2.05) is 32.9 Å². The maximum Gasteiger partial charge on any atom is 0.408 e. The van der Waals surface area contributed by atoms with Gasteiger partial charge in [-0.3, -0.25) is 4.79 Å². The summed E-state index contributed by atoms with van der Waals surface area (Å²) in [6.45, 7) is 9.13. The third-order valence-corrected chi connectivity index (χ3v) is 3.55. The van der Waals surface area contributed by atoms with Gasteiger partial charge in [-0.25, -0.2) is 4.79 Å². The molecule has 6 heteroatoms. The molecule has 0 aromatic heterocycles. The molecule has 0 spiro atoms. The summed E-state index contributed by atoms with van der Waals surface area (Å²) in [7, 11) is 0. The van der Waals surface area contributed by atoms with Crippen molar-refractivity contribution in [1.82, 2.24) is 10.6 Å². The van der Waals surface area contributed by atoms with Crippen molar-refractivity contribution in [3.63, 3.8) is 0 Å². The fourth-order valence-corrected chi connectivity index (χ4v) is 2.17. The predicted octanol–water partition coefficient (Wildman–Crippen LogP) is 3.68. The highest BCUT2D eigenvalue weighted by Gasteiger charge is 2.26. The Morgan fingerprint density at radius 2 is 1.57 bits per heavy atom. The van der Waals surface area contributed by atoms with Gasteiger partial charge in [0.05, 0.1) is 12.1 Å². The highest BCUT2D eigenvalue weighted by atomic mass is 35.5. The van der Waals surface area contributed by atoms with E-state index in [1.54, 1.807) is 26.0 Å². The molecular formula is C17H25ClN2O3. The molecule has 0 aliphatic carbocycles. The number of rotatable bonds is 6. The van der Waals surface area contributed by atoms with Gasteiger partial charge in [-0.15, -0.1) is 0 Å². The van der Waals surface area contributed by atoms with Gasteiger partial charge < -0.3 is 15.4 Å². The zero-order chi connectivity index (χ0) is 17.6. The number of nitrogens with one attached hydrogen (secondary N) is 2. The number of hydrogen-bond donors (Lipinski definition) is 2. The first-order valence-corrected chi connectivity index (χ1v) is 8.11. The van der Waals surface area contributed by atoms with Crippen LogP contribution in [-0.4, -0.2) is 24.1 Å². The van der Waals surface area contributed by atoms with Crippen molar-refractivity contribution in [3.05, 3.63) is 34.9 Å². The lowest BCUT2D eigenvalue weighted by Gasteiger charge is -2.24. The van der Waals surface area contributed by atoms with Crippen LogP contribution in [0.4, 0.5) is 4.79 Å². The number of alkyl carbamates (subject to hydrolysis) is 1. The Morgan fingerprint density at radius 1 is 1.00 bits per heavy atom. The monoisotopic (exact) mass is 340 g/mol. The van der Waals surface area contributed by atoms with Gasteiger partial charge in [0.2, 0.25) is 5.91 Å². The third-order valence-electron chi connectivity index (χ3n) is 3.29. The second-order valence-electron chi connectivity index (χ2n) is 6.10. The Labute approximate surface area is 142 Å². The first-order valence-electron chi connectivity index (χ1n) is 7.73. The van der Waals surface area contributed by atoms with Gasteiger partial charge in [0, 0.05) is 5.02 Å². The molecule has 2 atom stereocenters. The van der Waals surface area contributed by atoms with E-state index in [0.29, 0.717) is 5.02 Å². The smallest absolute Gasteiger partial charge is 0.408 e. The Kier molecular flexibility index (Phi) is 7.36. The SMILES string of the molecule is CC(C)OC(=O)NC(C(=O)NC(C)c1ccc(Cl)cc1)C(C)C. The summed E-state index contributed by atoms with van der Waals surface area (Å²) in [6.07, 6.45) is -0.827. The summed E-state index contributed by atoms with van der Waals surface area (Å²) in [5.74, 6) is -0.310. The zero-order valence-electron chi connectivity index (χ0n) is 14.2. The first-order chi connectivity index (χ1) is 10.7. The van der Waals surface area contributed by atoms with Crippen molar-refractivity contribution in [2.75, 3.05) is 0 Å². The summed E-state index contributed by atoms with van der Waals surface area (Å²) in [5, 5.41) is 6.17. The maximum atomic E-state index is 12.4. The normalized spacial score (nSPS) is 13.6. The quantitative estimate of drug-likeness (QED) is 0.830. The summed E-state index contributed by atoms with van der Waals surface area (Å²) in [5.41, 5.74) is 0.940. The van der Waals surface area contributed by atoms with Crippen molar-refractivity contribution >= 4 is 23.6 Å². The van der Waals surface area contributed by atoms with Crippen molar-refractivity contribution in [3.8, 4) is 0 Å². The minimum absolute atomic E-state index is 0.0628. The van der Waals surface area contributed by atoms with Gasteiger partial charge in [0.25, 0.3) is 0 Å². The van der Waals surface area contributed by atoms with E-state index in [0.717, 1.165) is 5.56 Å². The maximum absolute atomic E-state index is 12.4. The highest BCUT2D eigenvalue weighted by Crippen LogP contribution is 2.16. The average molecular weight is 341 g/mol. The van der Waals surface area contributed by atoms with Crippen LogP contribution in [0.5, 0.6) is 0 Å². The number of carbonyl (C=O) groups is 2. The molecule has 0 aliphatic rings. The highest BCUT2D eigenvalue weighted by molar-refractivity contribution is 6.30. The number of benzene rings is 1. The topological polar surface area (TPSA) is 67.4 Å². The van der Waals surface area contributed by atoms with Gasteiger partial charge >= 0.3 is 6.09 Å². The largest absolute Gasteiger partial charge is 0.447 e. The van der Waals surface area contributed by atoms with Crippen LogP contribution in [0.1, 0.15) is 46.2 Å². The molecule has 1 rings (SSSR count). The second-order valence-corrected chi connectivity index (χ2v) is 6.54. The molecule has 0 saturated heterocycles. The Hall–Kier alpha value is -1.75. The van der Waals surface area contributed by atoms with Crippen molar-refractivity contribution in [2.24, 2.45) is 5.92 Å². The molecule has 2 amide bonds. The van der Waals surface area contributed by atoms with Gasteiger partial charge in [-0.2, -0.15) is 0 Å². The predicted molar refractivity (Wildman–Crippen MR) is 91.4 cm³/mol. The minimum atomic E-state index is -0.656. The fraction of sp³-hybridized carbons (Fsp3) is 0.529. The van der Waals surface area contributed by atoms with Crippen LogP contribution in [0.15, 0.2) is 24.3 Å². The van der Waals surface area contributed by atoms with E-state index in [-0.39, 0.29) is 24.0 Å². The molecule has 23 heavy (non-hydrogen) atoms. The third kappa shape index (κ3) is 6.48. The number of halogens is 1. The lowest BCUT2D eigenvalue weighted by molar-refractivity contribution is -0.124. The van der Waals surface area contributed by atoms with Crippen LogP contribution < -0.4 is 10.6 Å². The Bertz CT molecular complexity index is 529. The molecular weight excluding hydrogens is 316 g/mol. The molecule has 1 aromatic carbocycles. The van der Waals surface area contributed by atoms with Gasteiger partial charge in [0.1, 0.15) is 6.04 Å². The van der Waals surface area contributed by atoms with Crippen LogP contribution in [-0.2, 0) is 9.53 Å². The molecule has 0 bridgehead atoms. The molecule has 2 N–H and O–H groups in total. The summed E-state index contributed by atoms with van der Waals surface area (Å²) in [6, 6.07) is 6.42. The molecule has 5 nitrogen and oxygen atoms in total. The van der Waals surface area contributed by atoms with E-state index in [1.165, 1.54) is 0 Å². The molecule has 0 fully saturated rings. The fourth-order valence-electron chi connectivity index (χ4n) is 2.05. The summed E-state index contributed by atoms with van der Waals surface area (Å²) < 4.78 is 5.04. The average Bonchev–Trinajstić information content (AvgIpc) is 2.44. The molecule has 0 radical (unpaired) electrons. The van der Waals surface area contributed by atoms with Crippen molar-refractivity contribution in [2.45, 2.75) is 52.8 Å². The Balaban J connectivity index is 2.70. The molecule has 2 unspecified atom stereocenters. The van der Waals surface area contributed by atoms with E-state index in [9.17, 15) is 9.59 Å². The number of ether oxygens (including phenoxy) is 1. The molecule has 1 aromatic rings. The number of carbonyl (C=O) groups excluding carboxylic acids is 2. The second kappa shape index (κ2) is 8.77. The van der Waals surface area contributed by atoms with Gasteiger partial charge in [0.15, 0.2) is 0 Å². The van der Waals surface area contributed by atoms with Gasteiger partial charge in [-0.1, -0.05) is 37.6 Å². The first kappa shape index (κ1) is 19.3. The molecule has 0 saturated carbocycles. The van der Waals surface area contributed by atoms with Crippen LogP contribution >= 0.6 is 11.6 Å². The van der Waals surface area contributed by atoms with Gasteiger partial charge in [-0.05, 0) is 44.4 Å². The van der Waals surface area contributed by atoms with E-state index < -0.39 is 12.1 Å². The Morgan fingerprint density at radius 3 is 2.04 bits per heavy atom. The lowest BCUT2D eigenvalue weighted by Crippen LogP contribution is -2.50. The zero-order valence-corrected chi connectivity index (χ0v) is 15.0. The lowest BCUT2D eigenvalue weighted by atomic mass is 10.0.